The van der Waals surface area contributed by atoms with Crippen LogP contribution in [-0.2, 0) is 0 Å². The molecule has 0 radical (unpaired) electrons. The first-order valence-electron chi connectivity index (χ1n) is 5.04. The van der Waals surface area contributed by atoms with Gasteiger partial charge in [-0.05, 0) is 36.8 Å². The van der Waals surface area contributed by atoms with Crippen molar-refractivity contribution in [1.29, 1.82) is 0 Å². The Labute approximate surface area is 107 Å². The molecule has 0 aliphatic rings. The minimum absolute atomic E-state index is 0.342. The molecular weight excluding hydrogens is 285 g/mol. The highest BCUT2D eigenvalue weighted by Crippen LogP contribution is 2.27. The average molecular weight is 296 g/mol. The zero-order chi connectivity index (χ0) is 12.4. The van der Waals surface area contributed by atoms with Crippen LogP contribution in [0.1, 0.15) is 5.56 Å². The number of nitrogens with two attached hydrogens (primary N) is 1. The normalized spacial score (nSPS) is 10.3. The van der Waals surface area contributed by atoms with E-state index in [4.69, 9.17) is 10.5 Å². The molecule has 2 rings (SSSR count). The summed E-state index contributed by atoms with van der Waals surface area (Å²) in [5.74, 6) is 0.633. The van der Waals surface area contributed by atoms with Gasteiger partial charge in [0, 0.05) is 22.3 Å². The zero-order valence-electron chi connectivity index (χ0n) is 9.21. The van der Waals surface area contributed by atoms with E-state index in [1.807, 2.05) is 19.1 Å². The Morgan fingerprint density at radius 1 is 1.12 bits per heavy atom. The molecule has 0 amide bonds. The summed E-state index contributed by atoms with van der Waals surface area (Å²) < 4.78 is 19.6. The van der Waals surface area contributed by atoms with Crippen molar-refractivity contribution in [2.24, 2.45) is 0 Å². The lowest BCUT2D eigenvalue weighted by Gasteiger charge is -2.08. The number of benzene rings is 2. The summed E-state index contributed by atoms with van der Waals surface area (Å²) >= 11 is 3.40. The van der Waals surface area contributed by atoms with Crippen LogP contribution in [-0.4, -0.2) is 0 Å². The highest BCUT2D eigenvalue weighted by Gasteiger charge is 2.03. The van der Waals surface area contributed by atoms with Gasteiger partial charge in [-0.25, -0.2) is 4.39 Å². The summed E-state index contributed by atoms with van der Waals surface area (Å²) in [6.07, 6.45) is 0. The molecule has 0 aliphatic carbocycles. The molecular formula is C13H11BrFNO. The molecule has 2 nitrogen and oxygen atoms in total. The van der Waals surface area contributed by atoms with Crippen molar-refractivity contribution in [2.75, 3.05) is 5.73 Å². The third-order valence-corrected chi connectivity index (χ3v) is 3.15. The number of hydrogen-bond donors (Lipinski definition) is 1. The van der Waals surface area contributed by atoms with Gasteiger partial charge in [0.25, 0.3) is 0 Å². The minimum Gasteiger partial charge on any atom is -0.457 e. The Kier molecular flexibility index (Phi) is 3.33. The van der Waals surface area contributed by atoms with Gasteiger partial charge in [-0.3, -0.25) is 0 Å². The van der Waals surface area contributed by atoms with Crippen LogP contribution in [0.25, 0.3) is 0 Å². The van der Waals surface area contributed by atoms with Crippen LogP contribution in [0, 0.1) is 12.7 Å². The Morgan fingerprint density at radius 3 is 2.53 bits per heavy atom. The second kappa shape index (κ2) is 4.75. The lowest BCUT2D eigenvalue weighted by Crippen LogP contribution is -1.90. The summed E-state index contributed by atoms with van der Waals surface area (Å²) in [5.41, 5.74) is 6.93. The molecule has 0 heterocycles. The summed E-state index contributed by atoms with van der Waals surface area (Å²) in [5, 5.41) is 0. The maximum Gasteiger partial charge on any atom is 0.132 e. The number of rotatable bonds is 2. The van der Waals surface area contributed by atoms with Crippen molar-refractivity contribution in [3.05, 3.63) is 52.3 Å². The third-order valence-electron chi connectivity index (χ3n) is 2.26. The standard InChI is InChI=1S/C13H11BrFNO/c1-8-4-11(2-3-13(8)14)17-12-6-9(15)5-10(16)7-12/h2-7H,16H2,1H3. The summed E-state index contributed by atoms with van der Waals surface area (Å²) in [6, 6.07) is 9.69. The Balaban J connectivity index is 2.28. The second-order valence-electron chi connectivity index (χ2n) is 3.73. The van der Waals surface area contributed by atoms with E-state index in [0.717, 1.165) is 10.0 Å². The predicted octanol–water partition coefficient (Wildman–Crippen LogP) is 4.27. The molecule has 88 valence electrons. The van der Waals surface area contributed by atoms with Crippen LogP contribution >= 0.6 is 15.9 Å². The van der Waals surface area contributed by atoms with Gasteiger partial charge in [0.15, 0.2) is 0 Å². The van der Waals surface area contributed by atoms with Gasteiger partial charge in [-0.15, -0.1) is 0 Å². The number of ether oxygens (including phenoxy) is 1. The maximum atomic E-state index is 13.1. The monoisotopic (exact) mass is 295 g/mol. The Hall–Kier alpha value is -1.55. The Bertz CT molecular complexity index is 537. The molecule has 0 aliphatic heterocycles. The van der Waals surface area contributed by atoms with Crippen LogP contribution in [0.4, 0.5) is 10.1 Å². The third kappa shape index (κ3) is 2.97. The van der Waals surface area contributed by atoms with E-state index in [0.29, 0.717) is 17.2 Å². The lowest BCUT2D eigenvalue weighted by atomic mass is 10.2. The number of nitrogen functional groups attached to an aromatic ring is 1. The van der Waals surface area contributed by atoms with Crippen molar-refractivity contribution >= 4 is 21.6 Å². The molecule has 0 bridgehead atoms. The first-order valence-corrected chi connectivity index (χ1v) is 5.84. The molecule has 0 fully saturated rings. The molecule has 4 heteroatoms. The van der Waals surface area contributed by atoms with E-state index in [9.17, 15) is 4.39 Å². The molecule has 2 aromatic carbocycles. The van der Waals surface area contributed by atoms with Gasteiger partial charge in [0.05, 0.1) is 0 Å². The van der Waals surface area contributed by atoms with Crippen LogP contribution in [0.2, 0.25) is 0 Å². The van der Waals surface area contributed by atoms with E-state index in [1.165, 1.54) is 12.1 Å². The number of hydrogen-bond acceptors (Lipinski definition) is 2. The molecule has 0 saturated carbocycles. The molecule has 0 unspecified atom stereocenters. The van der Waals surface area contributed by atoms with Crippen molar-refractivity contribution in [2.45, 2.75) is 6.92 Å². The number of aryl methyl sites for hydroxylation is 1. The van der Waals surface area contributed by atoms with Crippen LogP contribution in [0.3, 0.4) is 0 Å². The van der Waals surface area contributed by atoms with E-state index in [-0.39, 0.29) is 0 Å². The topological polar surface area (TPSA) is 35.2 Å². The summed E-state index contributed by atoms with van der Waals surface area (Å²) in [4.78, 5) is 0. The number of halogens is 2. The van der Waals surface area contributed by atoms with Gasteiger partial charge in [0.1, 0.15) is 17.3 Å². The van der Waals surface area contributed by atoms with E-state index >= 15 is 0 Å². The van der Waals surface area contributed by atoms with Crippen molar-refractivity contribution in [1.82, 2.24) is 0 Å². The van der Waals surface area contributed by atoms with Crippen LogP contribution < -0.4 is 10.5 Å². The fraction of sp³-hybridized carbons (Fsp3) is 0.0769. The van der Waals surface area contributed by atoms with Crippen molar-refractivity contribution < 1.29 is 9.13 Å². The molecule has 0 atom stereocenters. The van der Waals surface area contributed by atoms with Crippen LogP contribution in [0.15, 0.2) is 40.9 Å². The minimum atomic E-state index is -0.408. The van der Waals surface area contributed by atoms with Gasteiger partial charge >= 0.3 is 0 Å². The SMILES string of the molecule is Cc1cc(Oc2cc(N)cc(F)c2)ccc1Br. The van der Waals surface area contributed by atoms with Gasteiger partial charge in [-0.2, -0.15) is 0 Å². The van der Waals surface area contributed by atoms with E-state index in [2.05, 4.69) is 15.9 Å². The smallest absolute Gasteiger partial charge is 0.132 e. The molecule has 17 heavy (non-hydrogen) atoms. The maximum absolute atomic E-state index is 13.1. The molecule has 0 saturated heterocycles. The van der Waals surface area contributed by atoms with Gasteiger partial charge in [0.2, 0.25) is 0 Å². The van der Waals surface area contributed by atoms with Crippen molar-refractivity contribution in [3.8, 4) is 11.5 Å². The van der Waals surface area contributed by atoms with Crippen LogP contribution in [0.5, 0.6) is 11.5 Å². The van der Waals surface area contributed by atoms with Crippen molar-refractivity contribution in [3.63, 3.8) is 0 Å². The molecule has 2 aromatic rings. The highest BCUT2D eigenvalue weighted by atomic mass is 79.9. The fourth-order valence-corrected chi connectivity index (χ4v) is 1.71. The largest absolute Gasteiger partial charge is 0.457 e. The first-order chi connectivity index (χ1) is 8.04. The summed E-state index contributed by atoms with van der Waals surface area (Å²) in [7, 11) is 0. The quantitative estimate of drug-likeness (QED) is 0.840. The molecule has 2 N–H and O–H groups in total. The highest BCUT2D eigenvalue weighted by molar-refractivity contribution is 9.10. The molecule has 0 spiro atoms. The second-order valence-corrected chi connectivity index (χ2v) is 4.59. The summed E-state index contributed by atoms with van der Waals surface area (Å²) in [6.45, 7) is 1.96. The molecule has 0 aromatic heterocycles. The van der Waals surface area contributed by atoms with E-state index < -0.39 is 5.82 Å². The zero-order valence-corrected chi connectivity index (χ0v) is 10.8. The Morgan fingerprint density at radius 2 is 1.88 bits per heavy atom. The van der Waals surface area contributed by atoms with Gasteiger partial charge < -0.3 is 10.5 Å². The average Bonchev–Trinajstić information content (AvgIpc) is 2.22. The first kappa shape index (κ1) is 11.9. The number of anilines is 1. The lowest BCUT2D eigenvalue weighted by molar-refractivity contribution is 0.476. The van der Waals surface area contributed by atoms with Gasteiger partial charge in [-0.1, -0.05) is 15.9 Å². The fourth-order valence-electron chi connectivity index (χ4n) is 1.46. The van der Waals surface area contributed by atoms with E-state index in [1.54, 1.807) is 12.1 Å². The predicted molar refractivity (Wildman–Crippen MR) is 69.8 cm³/mol.